The second kappa shape index (κ2) is 9.52. The fourth-order valence-corrected chi connectivity index (χ4v) is 3.72. The predicted octanol–water partition coefficient (Wildman–Crippen LogP) is 2.23. The molecule has 0 radical (unpaired) electrons. The molecule has 1 aliphatic rings. The number of carbonyl (C=O) groups excluding carboxylic acids is 4. The molecule has 1 aromatic rings. The van der Waals surface area contributed by atoms with Crippen molar-refractivity contribution in [2.45, 2.75) is 59.4 Å². The van der Waals surface area contributed by atoms with E-state index in [-0.39, 0.29) is 24.1 Å². The molecule has 154 valence electrons. The van der Waals surface area contributed by atoms with E-state index in [9.17, 15) is 19.2 Å². The van der Waals surface area contributed by atoms with E-state index >= 15 is 0 Å². The van der Waals surface area contributed by atoms with Crippen molar-refractivity contribution in [1.29, 1.82) is 0 Å². The Morgan fingerprint density at radius 3 is 2.36 bits per heavy atom. The first-order chi connectivity index (χ1) is 13.3. The number of amides is 1. The van der Waals surface area contributed by atoms with Gasteiger partial charge in [-0.2, -0.15) is 0 Å². The molecule has 1 aromatic heterocycles. The first kappa shape index (κ1) is 21.7. The number of aromatic amines is 1. The average Bonchev–Trinajstić information content (AvgIpc) is 3.25. The molecule has 28 heavy (non-hydrogen) atoms. The number of aryl methyl sites for hydroxylation is 1. The highest BCUT2D eigenvalue weighted by atomic mass is 16.5. The minimum Gasteiger partial charge on any atom is -0.462 e. The van der Waals surface area contributed by atoms with Crippen LogP contribution in [0.4, 0.5) is 0 Å². The molecule has 1 fully saturated rings. The van der Waals surface area contributed by atoms with Crippen molar-refractivity contribution in [3.63, 3.8) is 0 Å². The zero-order chi connectivity index (χ0) is 20.8. The zero-order valence-corrected chi connectivity index (χ0v) is 16.8. The summed E-state index contributed by atoms with van der Waals surface area (Å²) in [5, 5.41) is 2.64. The SMILES string of the molecule is CCOC(=O)c1c(C)[nH]c(C(=O)COC(=O)C(NC(C)=O)C2CCCC2)c1C. The van der Waals surface area contributed by atoms with Gasteiger partial charge in [-0.15, -0.1) is 0 Å². The van der Waals surface area contributed by atoms with Crippen LogP contribution >= 0.6 is 0 Å². The lowest BCUT2D eigenvalue weighted by Gasteiger charge is -2.22. The first-order valence-electron chi connectivity index (χ1n) is 9.59. The largest absolute Gasteiger partial charge is 0.462 e. The van der Waals surface area contributed by atoms with Crippen LogP contribution in [0, 0.1) is 19.8 Å². The van der Waals surface area contributed by atoms with Crippen LogP contribution in [0.15, 0.2) is 0 Å². The van der Waals surface area contributed by atoms with Crippen LogP contribution in [0.5, 0.6) is 0 Å². The van der Waals surface area contributed by atoms with Crippen LogP contribution in [0.2, 0.25) is 0 Å². The number of Topliss-reactive ketones (excluding diaryl/α,β-unsaturated/α-hetero) is 1. The van der Waals surface area contributed by atoms with E-state index in [4.69, 9.17) is 9.47 Å². The lowest BCUT2D eigenvalue weighted by Crippen LogP contribution is -2.45. The van der Waals surface area contributed by atoms with Gasteiger partial charge in [0.2, 0.25) is 11.7 Å². The molecule has 0 spiro atoms. The second-order valence-corrected chi connectivity index (χ2v) is 7.10. The van der Waals surface area contributed by atoms with Gasteiger partial charge in [-0.1, -0.05) is 12.8 Å². The molecule has 2 rings (SSSR count). The third kappa shape index (κ3) is 4.99. The molecule has 1 saturated carbocycles. The first-order valence-corrected chi connectivity index (χ1v) is 9.59. The van der Waals surface area contributed by atoms with Crippen molar-refractivity contribution >= 4 is 23.6 Å². The van der Waals surface area contributed by atoms with Gasteiger partial charge >= 0.3 is 11.9 Å². The number of hydrogen-bond donors (Lipinski definition) is 2. The van der Waals surface area contributed by atoms with Crippen molar-refractivity contribution in [2.24, 2.45) is 5.92 Å². The molecule has 0 aliphatic heterocycles. The van der Waals surface area contributed by atoms with Crippen molar-refractivity contribution in [2.75, 3.05) is 13.2 Å². The molecule has 1 aliphatic carbocycles. The van der Waals surface area contributed by atoms with Gasteiger partial charge in [0.15, 0.2) is 6.61 Å². The van der Waals surface area contributed by atoms with E-state index in [1.165, 1.54) is 6.92 Å². The van der Waals surface area contributed by atoms with E-state index in [2.05, 4.69) is 10.3 Å². The summed E-state index contributed by atoms with van der Waals surface area (Å²) in [5.74, 6) is -1.84. The number of esters is 2. The summed E-state index contributed by atoms with van der Waals surface area (Å²) in [6, 6.07) is -0.741. The number of ketones is 1. The number of hydrogen-bond acceptors (Lipinski definition) is 6. The van der Waals surface area contributed by atoms with Gasteiger partial charge in [0, 0.05) is 12.6 Å². The molecule has 8 nitrogen and oxygen atoms in total. The molecule has 1 atom stereocenters. The fourth-order valence-electron chi connectivity index (χ4n) is 3.72. The smallest absolute Gasteiger partial charge is 0.340 e. The van der Waals surface area contributed by atoms with Gasteiger partial charge in [0.1, 0.15) is 6.04 Å². The van der Waals surface area contributed by atoms with E-state index in [0.29, 0.717) is 16.8 Å². The Bertz CT molecular complexity index is 761. The minimum absolute atomic E-state index is 0.0244. The second-order valence-electron chi connectivity index (χ2n) is 7.10. The predicted molar refractivity (Wildman–Crippen MR) is 101 cm³/mol. The molecule has 0 bridgehead atoms. The van der Waals surface area contributed by atoms with Crippen molar-refractivity contribution in [3.05, 3.63) is 22.5 Å². The summed E-state index contributed by atoms with van der Waals surface area (Å²) >= 11 is 0. The summed E-state index contributed by atoms with van der Waals surface area (Å²) in [7, 11) is 0. The quantitative estimate of drug-likeness (QED) is 0.518. The van der Waals surface area contributed by atoms with Crippen LogP contribution in [0.3, 0.4) is 0 Å². The number of H-pyrrole nitrogens is 1. The highest BCUT2D eigenvalue weighted by molar-refractivity contribution is 6.02. The normalized spacial score (nSPS) is 15.1. The van der Waals surface area contributed by atoms with Crippen molar-refractivity contribution in [1.82, 2.24) is 10.3 Å². The molecule has 8 heteroatoms. The minimum atomic E-state index is -0.741. The maximum Gasteiger partial charge on any atom is 0.340 e. The Hall–Kier alpha value is -2.64. The monoisotopic (exact) mass is 392 g/mol. The van der Waals surface area contributed by atoms with Crippen LogP contribution in [-0.4, -0.2) is 47.9 Å². The summed E-state index contributed by atoms with van der Waals surface area (Å²) < 4.78 is 10.2. The highest BCUT2D eigenvalue weighted by Crippen LogP contribution is 2.28. The summed E-state index contributed by atoms with van der Waals surface area (Å²) in [4.78, 5) is 51.4. The van der Waals surface area contributed by atoms with Crippen LogP contribution < -0.4 is 5.32 Å². The van der Waals surface area contributed by atoms with Crippen LogP contribution in [0.25, 0.3) is 0 Å². The van der Waals surface area contributed by atoms with Crippen LogP contribution in [0.1, 0.15) is 71.6 Å². The molecule has 0 aromatic carbocycles. The van der Waals surface area contributed by atoms with Gasteiger partial charge in [0.25, 0.3) is 0 Å². The summed E-state index contributed by atoms with van der Waals surface area (Å²) in [6.07, 6.45) is 3.69. The topological polar surface area (TPSA) is 115 Å². The van der Waals surface area contributed by atoms with E-state index in [0.717, 1.165) is 25.7 Å². The lowest BCUT2D eigenvalue weighted by molar-refractivity contribution is -0.148. The molecular formula is C20H28N2O6. The Labute approximate surface area is 164 Å². The van der Waals surface area contributed by atoms with Gasteiger partial charge in [0.05, 0.1) is 17.9 Å². The molecule has 1 unspecified atom stereocenters. The standard InChI is InChI=1S/C20H28N2O6/c1-5-27-19(25)16-11(2)17(21-12(16)3)15(24)10-28-20(26)18(22-13(4)23)14-8-6-7-9-14/h14,18,21H,5-10H2,1-4H3,(H,22,23). The summed E-state index contributed by atoms with van der Waals surface area (Å²) in [6.45, 7) is 6.14. The Kier molecular flexibility index (Phi) is 7.37. The number of carbonyl (C=O) groups is 4. The molecule has 2 N–H and O–H groups in total. The molecular weight excluding hydrogens is 364 g/mol. The number of rotatable bonds is 8. The third-order valence-electron chi connectivity index (χ3n) is 5.03. The van der Waals surface area contributed by atoms with E-state index < -0.39 is 30.4 Å². The van der Waals surface area contributed by atoms with Crippen LogP contribution in [-0.2, 0) is 19.1 Å². The van der Waals surface area contributed by atoms with Crippen molar-refractivity contribution in [3.8, 4) is 0 Å². The van der Waals surface area contributed by atoms with Gasteiger partial charge < -0.3 is 19.8 Å². The lowest BCUT2D eigenvalue weighted by atomic mass is 9.98. The molecule has 1 heterocycles. The fraction of sp³-hybridized carbons (Fsp3) is 0.600. The van der Waals surface area contributed by atoms with E-state index in [1.807, 2.05) is 0 Å². The number of ether oxygens (including phenoxy) is 2. The number of nitrogens with one attached hydrogen (secondary N) is 2. The maximum atomic E-state index is 12.5. The highest BCUT2D eigenvalue weighted by Gasteiger charge is 2.33. The zero-order valence-electron chi connectivity index (χ0n) is 16.8. The van der Waals surface area contributed by atoms with Gasteiger partial charge in [-0.25, -0.2) is 9.59 Å². The Morgan fingerprint density at radius 1 is 1.14 bits per heavy atom. The van der Waals surface area contributed by atoms with Gasteiger partial charge in [-0.05, 0) is 45.1 Å². The average molecular weight is 392 g/mol. The molecule has 1 amide bonds. The molecule has 0 saturated heterocycles. The summed E-state index contributed by atoms with van der Waals surface area (Å²) in [5.41, 5.74) is 1.52. The Morgan fingerprint density at radius 2 is 1.79 bits per heavy atom. The number of aromatic nitrogens is 1. The van der Waals surface area contributed by atoms with Gasteiger partial charge in [-0.3, -0.25) is 9.59 Å². The maximum absolute atomic E-state index is 12.5. The van der Waals surface area contributed by atoms with Crippen molar-refractivity contribution < 1.29 is 28.7 Å². The Balaban J connectivity index is 2.06. The van der Waals surface area contributed by atoms with E-state index in [1.54, 1.807) is 20.8 Å². The third-order valence-corrected chi connectivity index (χ3v) is 5.03.